The Morgan fingerprint density at radius 3 is 2.69 bits per heavy atom. The second kappa shape index (κ2) is 8.55. The van der Waals surface area contributed by atoms with Gasteiger partial charge in [-0.25, -0.2) is 14.4 Å². The number of nitrogens with one attached hydrogen (secondary N) is 2. The maximum absolute atomic E-state index is 12.9. The normalized spacial score (nSPS) is 11.9. The molecular formula is C21H19FN4O3. The van der Waals surface area contributed by atoms with E-state index in [4.69, 9.17) is 9.47 Å². The highest BCUT2D eigenvalue weighted by Crippen LogP contribution is 2.32. The highest BCUT2D eigenvalue weighted by atomic mass is 19.1. The summed E-state index contributed by atoms with van der Waals surface area (Å²) in [5.74, 6) is 1.18. The number of rotatable bonds is 7. The van der Waals surface area contributed by atoms with E-state index < -0.39 is 0 Å². The molecule has 3 aromatic rings. The summed E-state index contributed by atoms with van der Waals surface area (Å²) >= 11 is 0. The lowest BCUT2D eigenvalue weighted by Gasteiger charge is -2.08. The number of ether oxygens (including phenoxy) is 2. The zero-order valence-corrected chi connectivity index (χ0v) is 15.5. The molecule has 0 saturated carbocycles. The van der Waals surface area contributed by atoms with Gasteiger partial charge < -0.3 is 20.1 Å². The largest absolute Gasteiger partial charge is 0.454 e. The Hall–Kier alpha value is -3.68. The smallest absolute Gasteiger partial charge is 0.270 e. The molecule has 1 aliphatic heterocycles. The Labute approximate surface area is 166 Å². The van der Waals surface area contributed by atoms with Crippen LogP contribution in [0.3, 0.4) is 0 Å². The van der Waals surface area contributed by atoms with E-state index >= 15 is 0 Å². The van der Waals surface area contributed by atoms with Crippen molar-refractivity contribution in [2.75, 3.05) is 18.7 Å². The second-order valence-electron chi connectivity index (χ2n) is 6.44. The number of benzene rings is 2. The van der Waals surface area contributed by atoms with Crippen molar-refractivity contribution in [1.29, 1.82) is 0 Å². The SMILES string of the molecule is O=C(NCc1ccc2c(c1)OCO2)c1ccnc(NCCc2ccc(F)cc2)n1. The Morgan fingerprint density at radius 1 is 1.03 bits per heavy atom. The molecule has 2 aromatic carbocycles. The molecule has 2 heterocycles. The van der Waals surface area contributed by atoms with Crippen molar-refractivity contribution < 1.29 is 18.7 Å². The molecular weight excluding hydrogens is 375 g/mol. The highest BCUT2D eigenvalue weighted by molar-refractivity contribution is 5.92. The maximum atomic E-state index is 12.9. The molecule has 0 bridgehead atoms. The molecule has 1 aromatic heterocycles. The number of carbonyl (C=O) groups excluding carboxylic acids is 1. The van der Waals surface area contributed by atoms with Crippen LogP contribution >= 0.6 is 0 Å². The topological polar surface area (TPSA) is 85.4 Å². The zero-order chi connectivity index (χ0) is 20.1. The van der Waals surface area contributed by atoms with Crippen LogP contribution in [0.4, 0.5) is 10.3 Å². The maximum Gasteiger partial charge on any atom is 0.270 e. The molecule has 0 saturated heterocycles. The van der Waals surface area contributed by atoms with Crippen molar-refractivity contribution in [2.45, 2.75) is 13.0 Å². The number of aromatic nitrogens is 2. The van der Waals surface area contributed by atoms with E-state index in [-0.39, 0.29) is 24.2 Å². The number of hydrogen-bond acceptors (Lipinski definition) is 6. The molecule has 29 heavy (non-hydrogen) atoms. The average molecular weight is 394 g/mol. The van der Waals surface area contributed by atoms with Crippen LogP contribution in [-0.4, -0.2) is 29.2 Å². The lowest BCUT2D eigenvalue weighted by Crippen LogP contribution is -2.24. The van der Waals surface area contributed by atoms with Crippen LogP contribution in [0.25, 0.3) is 0 Å². The van der Waals surface area contributed by atoms with E-state index in [0.29, 0.717) is 37.0 Å². The molecule has 4 rings (SSSR count). The van der Waals surface area contributed by atoms with Gasteiger partial charge in [-0.15, -0.1) is 0 Å². The summed E-state index contributed by atoms with van der Waals surface area (Å²) < 4.78 is 23.6. The third kappa shape index (κ3) is 4.78. The second-order valence-corrected chi connectivity index (χ2v) is 6.44. The van der Waals surface area contributed by atoms with Crippen molar-refractivity contribution in [1.82, 2.24) is 15.3 Å². The minimum Gasteiger partial charge on any atom is -0.454 e. The van der Waals surface area contributed by atoms with Gasteiger partial charge in [0.25, 0.3) is 5.91 Å². The summed E-state index contributed by atoms with van der Waals surface area (Å²) in [4.78, 5) is 20.8. The fourth-order valence-electron chi connectivity index (χ4n) is 2.86. The molecule has 8 heteroatoms. The summed E-state index contributed by atoms with van der Waals surface area (Å²) in [7, 11) is 0. The fraction of sp³-hybridized carbons (Fsp3) is 0.190. The van der Waals surface area contributed by atoms with Crippen molar-refractivity contribution in [3.05, 3.63) is 77.4 Å². The summed E-state index contributed by atoms with van der Waals surface area (Å²) in [5, 5.41) is 5.91. The Bertz CT molecular complexity index is 1010. The van der Waals surface area contributed by atoms with Gasteiger partial charge in [-0.2, -0.15) is 0 Å². The molecule has 0 fully saturated rings. The predicted molar refractivity (Wildman–Crippen MR) is 104 cm³/mol. The van der Waals surface area contributed by atoms with E-state index in [2.05, 4.69) is 20.6 Å². The Balaban J connectivity index is 1.30. The summed E-state index contributed by atoms with van der Waals surface area (Å²) in [6.07, 6.45) is 2.22. The molecule has 1 aliphatic rings. The zero-order valence-electron chi connectivity index (χ0n) is 15.5. The molecule has 7 nitrogen and oxygen atoms in total. The Morgan fingerprint density at radius 2 is 1.83 bits per heavy atom. The third-order valence-corrected chi connectivity index (χ3v) is 4.39. The van der Waals surface area contributed by atoms with Gasteiger partial charge in [0.2, 0.25) is 12.7 Å². The first-order chi connectivity index (χ1) is 14.2. The van der Waals surface area contributed by atoms with Crippen LogP contribution < -0.4 is 20.1 Å². The van der Waals surface area contributed by atoms with Crippen LogP contribution in [0.5, 0.6) is 11.5 Å². The number of amides is 1. The first-order valence-corrected chi connectivity index (χ1v) is 9.15. The molecule has 1 amide bonds. The summed E-state index contributed by atoms with van der Waals surface area (Å²) in [6.45, 7) is 1.11. The van der Waals surface area contributed by atoms with E-state index in [9.17, 15) is 9.18 Å². The third-order valence-electron chi connectivity index (χ3n) is 4.39. The van der Waals surface area contributed by atoms with Gasteiger partial charge in [0.1, 0.15) is 11.5 Å². The fourth-order valence-corrected chi connectivity index (χ4v) is 2.86. The van der Waals surface area contributed by atoms with Crippen LogP contribution in [0, 0.1) is 5.82 Å². The van der Waals surface area contributed by atoms with Crippen LogP contribution in [-0.2, 0) is 13.0 Å². The van der Waals surface area contributed by atoms with Crippen molar-refractivity contribution in [3.8, 4) is 11.5 Å². The van der Waals surface area contributed by atoms with Crippen LogP contribution in [0.2, 0.25) is 0 Å². The molecule has 0 unspecified atom stereocenters. The lowest BCUT2D eigenvalue weighted by molar-refractivity contribution is 0.0945. The minimum atomic E-state index is -0.299. The van der Waals surface area contributed by atoms with E-state index in [1.54, 1.807) is 18.2 Å². The molecule has 0 radical (unpaired) electrons. The van der Waals surface area contributed by atoms with Gasteiger partial charge in [-0.3, -0.25) is 4.79 Å². The van der Waals surface area contributed by atoms with Crippen molar-refractivity contribution in [2.24, 2.45) is 0 Å². The van der Waals surface area contributed by atoms with Crippen molar-refractivity contribution >= 4 is 11.9 Å². The number of halogens is 1. The predicted octanol–water partition coefficient (Wildman–Crippen LogP) is 2.93. The van der Waals surface area contributed by atoms with Crippen LogP contribution in [0.15, 0.2) is 54.7 Å². The van der Waals surface area contributed by atoms with Gasteiger partial charge in [0.05, 0.1) is 0 Å². The molecule has 0 aliphatic carbocycles. The van der Waals surface area contributed by atoms with Gasteiger partial charge in [-0.1, -0.05) is 18.2 Å². The number of hydrogen-bond donors (Lipinski definition) is 2. The quantitative estimate of drug-likeness (QED) is 0.641. The molecule has 0 spiro atoms. The van der Waals surface area contributed by atoms with E-state index in [1.165, 1.54) is 18.3 Å². The number of anilines is 1. The molecule has 2 N–H and O–H groups in total. The molecule has 0 atom stereocenters. The first-order valence-electron chi connectivity index (χ1n) is 9.15. The number of nitrogens with zero attached hydrogens (tertiary/aromatic N) is 2. The summed E-state index contributed by atoms with van der Waals surface area (Å²) in [5.41, 5.74) is 2.16. The first kappa shape index (κ1) is 18.7. The van der Waals surface area contributed by atoms with Gasteiger partial charge in [0, 0.05) is 19.3 Å². The Kier molecular flexibility index (Phi) is 5.51. The number of carbonyl (C=O) groups is 1. The van der Waals surface area contributed by atoms with Gasteiger partial charge in [-0.05, 0) is 47.9 Å². The number of fused-ring (bicyclic) bond motifs is 1. The average Bonchev–Trinajstić information content (AvgIpc) is 3.21. The standard InChI is InChI=1S/C21H19FN4O3/c22-16-4-1-14(2-5-16)7-9-23-21-24-10-8-17(26-21)20(27)25-12-15-3-6-18-19(11-15)29-13-28-18/h1-6,8,10-11H,7,9,12-13H2,(H,25,27)(H,23,24,26). The lowest BCUT2D eigenvalue weighted by atomic mass is 10.1. The minimum absolute atomic E-state index is 0.211. The molecule has 148 valence electrons. The van der Waals surface area contributed by atoms with E-state index in [0.717, 1.165) is 11.1 Å². The summed E-state index contributed by atoms with van der Waals surface area (Å²) in [6, 6.07) is 13.4. The highest BCUT2D eigenvalue weighted by Gasteiger charge is 2.14. The van der Waals surface area contributed by atoms with Crippen LogP contribution in [0.1, 0.15) is 21.6 Å². The van der Waals surface area contributed by atoms with E-state index in [1.807, 2.05) is 18.2 Å². The van der Waals surface area contributed by atoms with Crippen molar-refractivity contribution in [3.63, 3.8) is 0 Å². The van der Waals surface area contributed by atoms with Gasteiger partial charge >= 0.3 is 0 Å². The monoisotopic (exact) mass is 394 g/mol. The van der Waals surface area contributed by atoms with Gasteiger partial charge in [0.15, 0.2) is 11.5 Å².